The monoisotopic (exact) mass is 280 g/mol. The molecule has 0 radical (unpaired) electrons. The Kier molecular flexibility index (Phi) is 3.82. The van der Waals surface area contributed by atoms with Crippen molar-refractivity contribution in [2.45, 2.75) is 11.4 Å². The molecule has 0 unspecified atom stereocenters. The molecular weight excluding hydrogens is 267 g/mol. The molecule has 0 aromatic heterocycles. The van der Waals surface area contributed by atoms with E-state index in [0.717, 1.165) is 6.07 Å². The number of nitrogens with two attached hydrogens (primary N) is 1. The molecule has 0 amide bonds. The quantitative estimate of drug-likeness (QED) is 0.840. The fourth-order valence-electron chi connectivity index (χ4n) is 1.59. The smallest absolute Gasteiger partial charge is 0.240 e. The number of halogens is 1. The van der Waals surface area contributed by atoms with Gasteiger partial charge in [-0.15, -0.1) is 0 Å². The van der Waals surface area contributed by atoms with E-state index in [1.54, 1.807) is 24.3 Å². The van der Waals surface area contributed by atoms with E-state index in [0.29, 0.717) is 11.3 Å². The highest BCUT2D eigenvalue weighted by atomic mass is 32.2. The Bertz CT molecular complexity index is 687. The molecule has 0 bridgehead atoms. The van der Waals surface area contributed by atoms with E-state index in [4.69, 9.17) is 5.73 Å². The Morgan fingerprint density at radius 2 is 1.84 bits per heavy atom. The molecule has 100 valence electrons. The van der Waals surface area contributed by atoms with Crippen molar-refractivity contribution >= 4 is 15.7 Å². The minimum Gasteiger partial charge on any atom is -0.398 e. The summed E-state index contributed by atoms with van der Waals surface area (Å²) in [5.74, 6) is -0.595. The van der Waals surface area contributed by atoms with Crippen LogP contribution in [0.15, 0.2) is 53.4 Å². The van der Waals surface area contributed by atoms with E-state index < -0.39 is 15.8 Å². The molecule has 4 nitrogen and oxygen atoms in total. The first-order chi connectivity index (χ1) is 8.99. The zero-order valence-electron chi connectivity index (χ0n) is 10.0. The first kappa shape index (κ1) is 13.5. The summed E-state index contributed by atoms with van der Waals surface area (Å²) >= 11 is 0. The molecule has 3 N–H and O–H groups in total. The van der Waals surface area contributed by atoms with Gasteiger partial charge >= 0.3 is 0 Å². The van der Waals surface area contributed by atoms with Gasteiger partial charge in [0.2, 0.25) is 10.0 Å². The van der Waals surface area contributed by atoms with Crippen molar-refractivity contribution in [2.24, 2.45) is 0 Å². The fraction of sp³-hybridized carbons (Fsp3) is 0.0769. The van der Waals surface area contributed by atoms with Crippen molar-refractivity contribution in [3.8, 4) is 0 Å². The van der Waals surface area contributed by atoms with Crippen LogP contribution in [0.5, 0.6) is 0 Å². The lowest BCUT2D eigenvalue weighted by Gasteiger charge is -2.08. The van der Waals surface area contributed by atoms with Gasteiger partial charge in [0, 0.05) is 12.2 Å². The third-order valence-electron chi connectivity index (χ3n) is 2.61. The molecule has 2 rings (SSSR count). The average Bonchev–Trinajstić information content (AvgIpc) is 2.38. The normalized spacial score (nSPS) is 11.4. The van der Waals surface area contributed by atoms with Crippen LogP contribution < -0.4 is 10.5 Å². The van der Waals surface area contributed by atoms with Gasteiger partial charge in [-0.25, -0.2) is 17.5 Å². The Morgan fingerprint density at radius 1 is 1.11 bits per heavy atom. The SMILES string of the molecule is Nc1ccccc1CNS(=O)(=O)c1cccc(F)c1. The minimum atomic E-state index is -3.74. The van der Waals surface area contributed by atoms with E-state index >= 15 is 0 Å². The summed E-state index contributed by atoms with van der Waals surface area (Å²) in [4.78, 5) is -0.109. The number of sulfonamides is 1. The second-order valence-electron chi connectivity index (χ2n) is 3.98. The highest BCUT2D eigenvalue weighted by Gasteiger charge is 2.14. The highest BCUT2D eigenvalue weighted by molar-refractivity contribution is 7.89. The first-order valence-electron chi connectivity index (χ1n) is 5.58. The lowest BCUT2D eigenvalue weighted by molar-refractivity contribution is 0.577. The summed E-state index contributed by atoms with van der Waals surface area (Å²) in [6.07, 6.45) is 0. The Morgan fingerprint density at radius 3 is 2.53 bits per heavy atom. The van der Waals surface area contributed by atoms with E-state index in [9.17, 15) is 12.8 Å². The molecule has 0 fully saturated rings. The lowest BCUT2D eigenvalue weighted by atomic mass is 10.2. The molecule has 0 saturated heterocycles. The van der Waals surface area contributed by atoms with Crippen molar-refractivity contribution < 1.29 is 12.8 Å². The number of para-hydroxylation sites is 1. The number of hydrogen-bond donors (Lipinski definition) is 2. The van der Waals surface area contributed by atoms with Crippen LogP contribution in [0.25, 0.3) is 0 Å². The van der Waals surface area contributed by atoms with E-state index in [2.05, 4.69) is 4.72 Å². The van der Waals surface area contributed by atoms with Crippen molar-refractivity contribution in [2.75, 3.05) is 5.73 Å². The Labute approximate surface area is 111 Å². The molecule has 0 aliphatic heterocycles. The number of rotatable bonds is 4. The second kappa shape index (κ2) is 5.38. The number of benzene rings is 2. The molecule has 2 aromatic carbocycles. The molecule has 0 spiro atoms. The van der Waals surface area contributed by atoms with Gasteiger partial charge < -0.3 is 5.73 Å². The highest BCUT2D eigenvalue weighted by Crippen LogP contribution is 2.13. The largest absolute Gasteiger partial charge is 0.398 e. The summed E-state index contributed by atoms with van der Waals surface area (Å²) in [7, 11) is -3.74. The van der Waals surface area contributed by atoms with Crippen LogP contribution in [-0.2, 0) is 16.6 Å². The summed E-state index contributed by atoms with van der Waals surface area (Å²) in [5, 5.41) is 0. The molecule has 6 heteroatoms. The van der Waals surface area contributed by atoms with Gasteiger partial charge in [-0.3, -0.25) is 0 Å². The fourth-order valence-corrected chi connectivity index (χ4v) is 2.62. The van der Waals surface area contributed by atoms with Crippen LogP contribution in [0.4, 0.5) is 10.1 Å². The van der Waals surface area contributed by atoms with Crippen LogP contribution in [0.1, 0.15) is 5.56 Å². The molecule has 0 saturated carbocycles. The second-order valence-corrected chi connectivity index (χ2v) is 5.75. The number of anilines is 1. The van der Waals surface area contributed by atoms with E-state index in [1.807, 2.05) is 0 Å². The van der Waals surface area contributed by atoms with Gasteiger partial charge in [-0.2, -0.15) is 0 Å². The van der Waals surface area contributed by atoms with Gasteiger partial charge in [0.25, 0.3) is 0 Å². The molecule has 0 heterocycles. The number of hydrogen-bond acceptors (Lipinski definition) is 3. The van der Waals surface area contributed by atoms with E-state index in [1.165, 1.54) is 18.2 Å². The van der Waals surface area contributed by atoms with Crippen molar-refractivity contribution in [1.29, 1.82) is 0 Å². The standard InChI is InChI=1S/C13H13FN2O2S/c14-11-5-3-6-12(8-11)19(17,18)16-9-10-4-1-2-7-13(10)15/h1-8,16H,9,15H2. The van der Waals surface area contributed by atoms with Crippen LogP contribution in [-0.4, -0.2) is 8.42 Å². The van der Waals surface area contributed by atoms with Crippen LogP contribution >= 0.6 is 0 Å². The van der Waals surface area contributed by atoms with Gasteiger partial charge in [0.1, 0.15) is 5.82 Å². The number of nitrogens with one attached hydrogen (secondary N) is 1. The van der Waals surface area contributed by atoms with Crippen LogP contribution in [0, 0.1) is 5.82 Å². The summed E-state index contributed by atoms with van der Waals surface area (Å²) in [6.45, 7) is 0.0610. The van der Waals surface area contributed by atoms with Gasteiger partial charge in [-0.1, -0.05) is 24.3 Å². The summed E-state index contributed by atoms with van der Waals surface area (Å²) in [6, 6.07) is 11.8. The zero-order chi connectivity index (χ0) is 13.9. The predicted octanol–water partition coefficient (Wildman–Crippen LogP) is 1.89. The van der Waals surface area contributed by atoms with Crippen LogP contribution in [0.2, 0.25) is 0 Å². The lowest BCUT2D eigenvalue weighted by Crippen LogP contribution is -2.23. The molecule has 19 heavy (non-hydrogen) atoms. The van der Waals surface area contributed by atoms with Crippen molar-refractivity contribution in [1.82, 2.24) is 4.72 Å². The maximum absolute atomic E-state index is 13.0. The van der Waals surface area contributed by atoms with Crippen molar-refractivity contribution in [3.05, 3.63) is 59.9 Å². The minimum absolute atomic E-state index is 0.0610. The maximum Gasteiger partial charge on any atom is 0.240 e. The first-order valence-corrected chi connectivity index (χ1v) is 7.06. The zero-order valence-corrected chi connectivity index (χ0v) is 10.8. The third-order valence-corrected chi connectivity index (χ3v) is 4.01. The molecular formula is C13H13FN2O2S. The molecule has 0 atom stereocenters. The summed E-state index contributed by atoms with van der Waals surface area (Å²) < 4.78 is 39.3. The van der Waals surface area contributed by atoms with Crippen molar-refractivity contribution in [3.63, 3.8) is 0 Å². The molecule has 2 aromatic rings. The van der Waals surface area contributed by atoms with Gasteiger partial charge in [0.05, 0.1) is 4.90 Å². The molecule has 0 aliphatic rings. The predicted molar refractivity (Wildman–Crippen MR) is 71.3 cm³/mol. The third kappa shape index (κ3) is 3.30. The number of nitrogen functional groups attached to an aromatic ring is 1. The Balaban J connectivity index is 2.17. The Hall–Kier alpha value is -1.92. The van der Waals surface area contributed by atoms with Crippen LogP contribution in [0.3, 0.4) is 0 Å². The van der Waals surface area contributed by atoms with E-state index in [-0.39, 0.29) is 11.4 Å². The average molecular weight is 280 g/mol. The maximum atomic E-state index is 13.0. The van der Waals surface area contributed by atoms with Gasteiger partial charge in [-0.05, 0) is 29.8 Å². The topological polar surface area (TPSA) is 72.2 Å². The van der Waals surface area contributed by atoms with Gasteiger partial charge in [0.15, 0.2) is 0 Å². The summed E-state index contributed by atoms with van der Waals surface area (Å²) in [5.41, 5.74) is 6.89. The molecule has 0 aliphatic carbocycles.